The van der Waals surface area contributed by atoms with Gasteiger partial charge in [-0.2, -0.15) is 0 Å². The molecular weight excluding hydrogens is 316 g/mol. The van der Waals surface area contributed by atoms with Crippen molar-refractivity contribution in [3.05, 3.63) is 35.4 Å². The van der Waals surface area contributed by atoms with Crippen LogP contribution in [0.4, 0.5) is 0 Å². The molecular formula is C20H28N2O3. The Balaban J connectivity index is 1.63. The van der Waals surface area contributed by atoms with Crippen molar-refractivity contribution < 1.29 is 14.3 Å². The lowest BCUT2D eigenvalue weighted by atomic mass is 9.72. The number of fused-ring (bicyclic) bond motifs is 2. The van der Waals surface area contributed by atoms with E-state index in [1.54, 1.807) is 7.11 Å². The van der Waals surface area contributed by atoms with Crippen LogP contribution in [0.15, 0.2) is 24.3 Å². The largest absolute Gasteiger partial charge is 0.381 e. The van der Waals surface area contributed by atoms with Gasteiger partial charge in [0.15, 0.2) is 0 Å². The first-order chi connectivity index (χ1) is 12.3. The van der Waals surface area contributed by atoms with E-state index in [1.807, 2.05) is 0 Å². The summed E-state index contributed by atoms with van der Waals surface area (Å²) in [6, 6.07) is 8.51. The number of carbonyl (C=O) groups is 1. The van der Waals surface area contributed by atoms with E-state index in [9.17, 15) is 4.79 Å². The number of methoxy groups -OCH3 is 1. The average Bonchev–Trinajstić information content (AvgIpc) is 2.92. The van der Waals surface area contributed by atoms with Crippen molar-refractivity contribution in [2.45, 2.75) is 43.2 Å². The second kappa shape index (κ2) is 7.06. The number of hydrogen-bond acceptors (Lipinski definition) is 4. The van der Waals surface area contributed by atoms with Gasteiger partial charge in [-0.25, -0.2) is 0 Å². The molecule has 4 rings (SSSR count). The van der Waals surface area contributed by atoms with Crippen LogP contribution in [0.25, 0.3) is 0 Å². The predicted molar refractivity (Wildman–Crippen MR) is 95.4 cm³/mol. The molecule has 1 spiro atoms. The molecule has 3 aliphatic rings. The molecule has 5 heteroatoms. The molecule has 5 nitrogen and oxygen atoms in total. The van der Waals surface area contributed by atoms with Gasteiger partial charge in [-0.1, -0.05) is 24.3 Å². The molecule has 2 saturated heterocycles. The van der Waals surface area contributed by atoms with Gasteiger partial charge in [-0.3, -0.25) is 4.79 Å². The molecule has 1 aromatic carbocycles. The zero-order chi connectivity index (χ0) is 17.3. The number of hydrogen-bond donors (Lipinski definition) is 2. The minimum absolute atomic E-state index is 0.00390. The fourth-order valence-electron chi connectivity index (χ4n) is 5.03. The zero-order valence-corrected chi connectivity index (χ0v) is 14.9. The molecule has 2 aliphatic heterocycles. The molecule has 2 fully saturated rings. The molecule has 1 aromatic rings. The fourth-order valence-corrected chi connectivity index (χ4v) is 5.03. The summed E-state index contributed by atoms with van der Waals surface area (Å²) in [5.74, 6) is 0.208. The number of benzene rings is 1. The minimum atomic E-state index is -0.0605. The number of rotatable bonds is 3. The van der Waals surface area contributed by atoms with E-state index in [1.165, 1.54) is 11.1 Å². The van der Waals surface area contributed by atoms with Gasteiger partial charge in [-0.05, 0) is 49.9 Å². The van der Waals surface area contributed by atoms with E-state index in [-0.39, 0.29) is 29.4 Å². The summed E-state index contributed by atoms with van der Waals surface area (Å²) in [7, 11) is 1.79. The Morgan fingerprint density at radius 2 is 1.96 bits per heavy atom. The van der Waals surface area contributed by atoms with E-state index in [0.717, 1.165) is 38.8 Å². The minimum Gasteiger partial charge on any atom is -0.381 e. The highest BCUT2D eigenvalue weighted by Gasteiger charge is 2.53. The van der Waals surface area contributed by atoms with Crippen LogP contribution in [0, 0.1) is 5.92 Å². The fraction of sp³-hybridized carbons (Fsp3) is 0.650. The third-order valence-corrected chi connectivity index (χ3v) is 6.32. The number of amides is 1. The van der Waals surface area contributed by atoms with Crippen LogP contribution >= 0.6 is 0 Å². The zero-order valence-electron chi connectivity index (χ0n) is 14.9. The van der Waals surface area contributed by atoms with Gasteiger partial charge in [-0.15, -0.1) is 0 Å². The number of piperidine rings is 1. The summed E-state index contributed by atoms with van der Waals surface area (Å²) >= 11 is 0. The topological polar surface area (TPSA) is 59.6 Å². The van der Waals surface area contributed by atoms with Crippen molar-refractivity contribution in [3.63, 3.8) is 0 Å². The monoisotopic (exact) mass is 344 g/mol. The molecule has 0 bridgehead atoms. The lowest BCUT2D eigenvalue weighted by Gasteiger charge is -2.40. The molecule has 2 N–H and O–H groups in total. The lowest BCUT2D eigenvalue weighted by molar-refractivity contribution is -0.130. The molecule has 1 aliphatic carbocycles. The van der Waals surface area contributed by atoms with Crippen molar-refractivity contribution in [2.24, 2.45) is 5.92 Å². The molecule has 0 radical (unpaired) electrons. The van der Waals surface area contributed by atoms with E-state index >= 15 is 0 Å². The van der Waals surface area contributed by atoms with Crippen molar-refractivity contribution in [1.82, 2.24) is 10.6 Å². The van der Waals surface area contributed by atoms with Crippen molar-refractivity contribution in [2.75, 3.05) is 33.4 Å². The Morgan fingerprint density at radius 3 is 2.68 bits per heavy atom. The van der Waals surface area contributed by atoms with E-state index in [4.69, 9.17) is 9.47 Å². The van der Waals surface area contributed by atoms with Crippen molar-refractivity contribution in [3.8, 4) is 0 Å². The van der Waals surface area contributed by atoms with Crippen LogP contribution in [-0.2, 0) is 19.7 Å². The van der Waals surface area contributed by atoms with Gasteiger partial charge in [0.25, 0.3) is 0 Å². The third kappa shape index (κ3) is 2.88. The summed E-state index contributed by atoms with van der Waals surface area (Å²) in [5.41, 5.74) is 2.60. The normalized spacial score (nSPS) is 28.7. The Bertz CT molecular complexity index is 621. The van der Waals surface area contributed by atoms with Crippen LogP contribution < -0.4 is 10.6 Å². The smallest absolute Gasteiger partial charge is 0.223 e. The van der Waals surface area contributed by atoms with Crippen molar-refractivity contribution in [1.29, 1.82) is 0 Å². The first kappa shape index (κ1) is 17.0. The maximum absolute atomic E-state index is 12.9. The molecule has 2 heterocycles. The number of carbonyl (C=O) groups excluding carboxylic acids is 1. The van der Waals surface area contributed by atoms with Crippen LogP contribution in [0.3, 0.4) is 0 Å². The van der Waals surface area contributed by atoms with Gasteiger partial charge in [0.1, 0.15) is 0 Å². The van der Waals surface area contributed by atoms with Crippen LogP contribution in [-0.4, -0.2) is 45.4 Å². The van der Waals surface area contributed by atoms with Crippen LogP contribution in [0.2, 0.25) is 0 Å². The summed E-state index contributed by atoms with van der Waals surface area (Å²) in [4.78, 5) is 12.9. The number of ether oxygens (including phenoxy) is 2. The summed E-state index contributed by atoms with van der Waals surface area (Å²) in [6.07, 6.45) is 3.72. The highest BCUT2D eigenvalue weighted by atomic mass is 16.5. The Morgan fingerprint density at radius 1 is 1.24 bits per heavy atom. The first-order valence-electron chi connectivity index (χ1n) is 9.47. The Kier molecular flexibility index (Phi) is 4.80. The lowest BCUT2D eigenvalue weighted by Crippen LogP contribution is -2.50. The molecule has 1 amide bonds. The third-order valence-electron chi connectivity index (χ3n) is 6.32. The molecule has 2 unspecified atom stereocenters. The summed E-state index contributed by atoms with van der Waals surface area (Å²) in [5, 5.41) is 6.80. The van der Waals surface area contributed by atoms with Crippen LogP contribution in [0.5, 0.6) is 0 Å². The predicted octanol–water partition coefficient (Wildman–Crippen LogP) is 1.92. The standard InChI is InChI=1S/C20H28N2O3/c1-24-18-17(22-19(23)14-6-12-25-13-7-14)15-4-2-3-5-16(15)20(18)8-10-21-11-9-20/h2-5,14,17-18,21H,6-13H2,1H3,(H,22,23). The molecule has 0 saturated carbocycles. The Hall–Kier alpha value is -1.43. The van der Waals surface area contributed by atoms with Gasteiger partial charge in [0.2, 0.25) is 5.91 Å². The molecule has 136 valence electrons. The summed E-state index contributed by atoms with van der Waals surface area (Å²) in [6.45, 7) is 3.36. The molecule has 0 aromatic heterocycles. The van der Waals surface area contributed by atoms with Gasteiger partial charge in [0, 0.05) is 31.7 Å². The van der Waals surface area contributed by atoms with E-state index in [0.29, 0.717) is 13.2 Å². The second-order valence-corrected chi connectivity index (χ2v) is 7.52. The van der Waals surface area contributed by atoms with Crippen molar-refractivity contribution >= 4 is 5.91 Å². The van der Waals surface area contributed by atoms with Crippen LogP contribution in [0.1, 0.15) is 42.9 Å². The maximum atomic E-state index is 12.9. The van der Waals surface area contributed by atoms with E-state index in [2.05, 4.69) is 34.9 Å². The molecule has 25 heavy (non-hydrogen) atoms. The quantitative estimate of drug-likeness (QED) is 0.880. The molecule has 2 atom stereocenters. The van der Waals surface area contributed by atoms with E-state index < -0.39 is 0 Å². The second-order valence-electron chi connectivity index (χ2n) is 7.52. The highest BCUT2D eigenvalue weighted by molar-refractivity contribution is 5.79. The van der Waals surface area contributed by atoms with Gasteiger partial charge < -0.3 is 20.1 Å². The highest BCUT2D eigenvalue weighted by Crippen LogP contribution is 2.51. The van der Waals surface area contributed by atoms with Gasteiger partial charge >= 0.3 is 0 Å². The summed E-state index contributed by atoms with van der Waals surface area (Å²) < 4.78 is 11.4. The maximum Gasteiger partial charge on any atom is 0.223 e. The SMILES string of the molecule is COC1C(NC(=O)C2CCOCC2)c2ccccc2C12CCNCC2. The average molecular weight is 344 g/mol. The number of nitrogens with one attached hydrogen (secondary N) is 2. The first-order valence-corrected chi connectivity index (χ1v) is 9.47. The Labute approximate surface area is 149 Å². The van der Waals surface area contributed by atoms with Gasteiger partial charge in [0.05, 0.1) is 12.1 Å².